The number of imidazole rings is 1. The van der Waals surface area contributed by atoms with E-state index in [2.05, 4.69) is 15.6 Å². The summed E-state index contributed by atoms with van der Waals surface area (Å²) in [5, 5.41) is 14.0. The highest BCUT2D eigenvalue weighted by Crippen LogP contribution is 2.17. The number of rotatable bonds is 9. The van der Waals surface area contributed by atoms with Gasteiger partial charge in [-0.05, 0) is 36.2 Å². The number of anilines is 1. The summed E-state index contributed by atoms with van der Waals surface area (Å²) in [4.78, 5) is 19.2. The fourth-order valence-electron chi connectivity index (χ4n) is 3.00. The van der Waals surface area contributed by atoms with Crippen molar-refractivity contribution in [3.63, 3.8) is 0 Å². The summed E-state index contributed by atoms with van der Waals surface area (Å²) < 4.78 is 1.74. The fourth-order valence-corrected chi connectivity index (χ4v) is 3.16. The van der Waals surface area contributed by atoms with Crippen molar-refractivity contribution in [2.75, 3.05) is 25.5 Å². The highest BCUT2D eigenvalue weighted by Gasteiger charge is 2.18. The predicted molar refractivity (Wildman–Crippen MR) is 117 cm³/mol. The van der Waals surface area contributed by atoms with Gasteiger partial charge >= 0.3 is 0 Å². The van der Waals surface area contributed by atoms with Gasteiger partial charge in [0.2, 0.25) is 0 Å². The SMILES string of the molecule is CCc1nc2ccc(Cl)cn2c1C(=O)NCc1ccc(NCCN(C)C=N)cc1. The molecule has 2 heterocycles. The van der Waals surface area contributed by atoms with Crippen molar-refractivity contribution >= 4 is 35.2 Å². The van der Waals surface area contributed by atoms with E-state index in [1.54, 1.807) is 21.6 Å². The standard InChI is InChI=1S/C21H25ClN6O/c1-3-18-20(28-13-16(22)6-9-19(28)26-18)21(29)25-12-15-4-7-17(8-5-15)24-10-11-27(2)14-23/h4-9,13-14,23-24H,3,10-12H2,1-2H3,(H,25,29). The second-order valence-electron chi connectivity index (χ2n) is 6.75. The highest BCUT2D eigenvalue weighted by molar-refractivity contribution is 6.30. The van der Waals surface area contributed by atoms with Gasteiger partial charge in [0.25, 0.3) is 5.91 Å². The van der Waals surface area contributed by atoms with Crippen LogP contribution in [-0.4, -0.2) is 46.7 Å². The number of carbonyl (C=O) groups excluding carboxylic acids is 1. The number of carbonyl (C=O) groups is 1. The lowest BCUT2D eigenvalue weighted by atomic mass is 10.2. The quantitative estimate of drug-likeness (QED) is 0.371. The molecule has 2 aromatic heterocycles. The maximum Gasteiger partial charge on any atom is 0.270 e. The minimum atomic E-state index is -0.173. The summed E-state index contributed by atoms with van der Waals surface area (Å²) in [6.07, 6.45) is 3.68. The minimum Gasteiger partial charge on any atom is -0.383 e. The van der Waals surface area contributed by atoms with Gasteiger partial charge in [0, 0.05) is 38.6 Å². The van der Waals surface area contributed by atoms with Crippen LogP contribution in [0.1, 0.15) is 28.7 Å². The Kier molecular flexibility index (Phi) is 6.72. The Balaban J connectivity index is 1.63. The predicted octanol–water partition coefficient (Wildman–Crippen LogP) is 3.43. The van der Waals surface area contributed by atoms with E-state index in [-0.39, 0.29) is 5.91 Å². The van der Waals surface area contributed by atoms with Crippen LogP contribution in [0.4, 0.5) is 5.69 Å². The molecule has 3 aromatic rings. The fraction of sp³-hybridized carbons (Fsp3) is 0.286. The molecule has 8 heteroatoms. The molecule has 1 amide bonds. The monoisotopic (exact) mass is 412 g/mol. The topological polar surface area (TPSA) is 85.5 Å². The van der Waals surface area contributed by atoms with Crippen LogP contribution in [0, 0.1) is 5.41 Å². The number of nitrogens with one attached hydrogen (secondary N) is 3. The molecule has 0 atom stereocenters. The molecule has 1 aromatic carbocycles. The van der Waals surface area contributed by atoms with Crippen LogP contribution in [0.5, 0.6) is 0 Å². The van der Waals surface area contributed by atoms with Crippen LogP contribution < -0.4 is 10.6 Å². The zero-order chi connectivity index (χ0) is 20.8. The van der Waals surface area contributed by atoms with Crippen LogP contribution >= 0.6 is 11.6 Å². The van der Waals surface area contributed by atoms with Crippen molar-refractivity contribution in [3.05, 3.63) is 64.6 Å². The Morgan fingerprint density at radius 2 is 2.03 bits per heavy atom. The van der Waals surface area contributed by atoms with E-state index in [9.17, 15) is 4.79 Å². The molecular formula is C21H25ClN6O. The van der Waals surface area contributed by atoms with Crippen molar-refractivity contribution in [3.8, 4) is 0 Å². The van der Waals surface area contributed by atoms with Crippen LogP contribution in [-0.2, 0) is 13.0 Å². The van der Waals surface area contributed by atoms with E-state index in [0.29, 0.717) is 29.3 Å². The first kappa shape index (κ1) is 20.7. The van der Waals surface area contributed by atoms with Crippen LogP contribution in [0.2, 0.25) is 5.02 Å². The lowest BCUT2D eigenvalue weighted by molar-refractivity contribution is 0.0944. The molecule has 7 nitrogen and oxygen atoms in total. The number of likely N-dealkylation sites (N-methyl/N-ethyl adjacent to an activating group) is 1. The Hall–Kier alpha value is -3.06. The van der Waals surface area contributed by atoms with Gasteiger partial charge in [-0.1, -0.05) is 30.7 Å². The molecule has 0 radical (unpaired) electrons. The molecule has 0 saturated carbocycles. The number of hydrogen-bond donors (Lipinski definition) is 3. The molecule has 0 aliphatic heterocycles. The zero-order valence-corrected chi connectivity index (χ0v) is 17.3. The number of fused-ring (bicyclic) bond motifs is 1. The summed E-state index contributed by atoms with van der Waals surface area (Å²) in [7, 11) is 1.86. The van der Waals surface area contributed by atoms with E-state index < -0.39 is 0 Å². The number of nitrogens with zero attached hydrogens (tertiary/aromatic N) is 3. The van der Waals surface area contributed by atoms with E-state index >= 15 is 0 Å². The molecule has 0 spiro atoms. The Morgan fingerprint density at radius 3 is 2.72 bits per heavy atom. The maximum atomic E-state index is 12.8. The number of benzene rings is 1. The average molecular weight is 413 g/mol. The number of aromatic nitrogens is 2. The summed E-state index contributed by atoms with van der Waals surface area (Å²) in [6, 6.07) is 11.5. The largest absolute Gasteiger partial charge is 0.383 e. The van der Waals surface area contributed by atoms with Gasteiger partial charge in [0.1, 0.15) is 11.3 Å². The smallest absolute Gasteiger partial charge is 0.270 e. The third-order valence-corrected chi connectivity index (χ3v) is 4.85. The van der Waals surface area contributed by atoms with E-state index in [4.69, 9.17) is 17.0 Å². The number of aryl methyl sites for hydroxylation is 1. The van der Waals surface area contributed by atoms with Gasteiger partial charge < -0.3 is 15.5 Å². The van der Waals surface area contributed by atoms with Crippen molar-refractivity contribution in [2.45, 2.75) is 19.9 Å². The normalized spacial score (nSPS) is 10.7. The second kappa shape index (κ2) is 9.43. The first-order valence-electron chi connectivity index (χ1n) is 9.50. The molecule has 3 N–H and O–H groups in total. The van der Waals surface area contributed by atoms with Gasteiger partial charge in [0.15, 0.2) is 0 Å². The molecule has 0 bridgehead atoms. The average Bonchev–Trinajstić information content (AvgIpc) is 3.10. The summed E-state index contributed by atoms with van der Waals surface area (Å²) >= 11 is 6.10. The molecule has 0 aliphatic rings. The number of pyridine rings is 1. The van der Waals surface area contributed by atoms with Gasteiger partial charge in [-0.15, -0.1) is 0 Å². The third kappa shape index (κ3) is 5.06. The molecule has 0 unspecified atom stereocenters. The summed E-state index contributed by atoms with van der Waals surface area (Å²) in [6.45, 7) is 3.90. The third-order valence-electron chi connectivity index (χ3n) is 4.63. The van der Waals surface area contributed by atoms with Crippen LogP contribution in [0.25, 0.3) is 5.65 Å². The van der Waals surface area contributed by atoms with E-state index in [1.807, 2.05) is 44.3 Å². The highest BCUT2D eigenvalue weighted by atomic mass is 35.5. The van der Waals surface area contributed by atoms with E-state index in [1.165, 1.54) is 6.34 Å². The molecule has 29 heavy (non-hydrogen) atoms. The van der Waals surface area contributed by atoms with Crippen molar-refractivity contribution in [1.82, 2.24) is 19.6 Å². The van der Waals surface area contributed by atoms with Gasteiger partial charge in [0.05, 0.1) is 17.1 Å². The maximum absolute atomic E-state index is 12.8. The molecule has 0 aliphatic carbocycles. The minimum absolute atomic E-state index is 0.173. The lowest BCUT2D eigenvalue weighted by Crippen LogP contribution is -2.25. The van der Waals surface area contributed by atoms with Crippen molar-refractivity contribution < 1.29 is 4.79 Å². The molecule has 3 rings (SSSR count). The lowest BCUT2D eigenvalue weighted by Gasteiger charge is -2.13. The Labute approximate surface area is 175 Å². The zero-order valence-electron chi connectivity index (χ0n) is 16.6. The van der Waals surface area contributed by atoms with Gasteiger partial charge in [-0.25, -0.2) is 4.98 Å². The molecule has 152 valence electrons. The number of amides is 1. The second-order valence-corrected chi connectivity index (χ2v) is 7.19. The van der Waals surface area contributed by atoms with Crippen molar-refractivity contribution in [2.24, 2.45) is 0 Å². The van der Waals surface area contributed by atoms with Crippen molar-refractivity contribution in [1.29, 1.82) is 5.41 Å². The van der Waals surface area contributed by atoms with Crippen LogP contribution in [0.3, 0.4) is 0 Å². The first-order chi connectivity index (χ1) is 14.0. The Bertz CT molecular complexity index is 998. The molecule has 0 fully saturated rings. The Morgan fingerprint density at radius 1 is 1.28 bits per heavy atom. The number of halogens is 1. The summed E-state index contributed by atoms with van der Waals surface area (Å²) in [5.74, 6) is -0.173. The molecular weight excluding hydrogens is 388 g/mol. The van der Waals surface area contributed by atoms with Crippen LogP contribution in [0.15, 0.2) is 42.6 Å². The van der Waals surface area contributed by atoms with Gasteiger partial charge in [-0.3, -0.25) is 14.6 Å². The number of hydrogen-bond acceptors (Lipinski definition) is 4. The van der Waals surface area contributed by atoms with Gasteiger partial charge in [-0.2, -0.15) is 0 Å². The van der Waals surface area contributed by atoms with E-state index in [0.717, 1.165) is 30.0 Å². The first-order valence-corrected chi connectivity index (χ1v) is 9.88. The molecule has 0 saturated heterocycles. The summed E-state index contributed by atoms with van der Waals surface area (Å²) in [5.41, 5.74) is 3.99.